The number of hydrogen-bond donors (Lipinski definition) is 1. The summed E-state index contributed by atoms with van der Waals surface area (Å²) in [5.41, 5.74) is 3.60. The lowest BCUT2D eigenvalue weighted by Gasteiger charge is -2.37. The molecule has 1 aliphatic carbocycles. The molecule has 6 nitrogen and oxygen atoms in total. The summed E-state index contributed by atoms with van der Waals surface area (Å²) in [6, 6.07) is 6.01. The number of fused-ring (bicyclic) bond motifs is 1. The van der Waals surface area contributed by atoms with E-state index in [0.717, 1.165) is 49.5 Å². The molecule has 2 aromatic rings. The number of pyridine rings is 1. The lowest BCUT2D eigenvalue weighted by Crippen LogP contribution is -2.40. The van der Waals surface area contributed by atoms with Gasteiger partial charge >= 0.3 is 5.97 Å². The van der Waals surface area contributed by atoms with Crippen LogP contribution in [0.25, 0.3) is 0 Å². The number of hydrogen-bond acceptors (Lipinski definition) is 6. The van der Waals surface area contributed by atoms with E-state index in [1.165, 1.54) is 28.8 Å². The van der Waals surface area contributed by atoms with E-state index >= 15 is 0 Å². The highest BCUT2D eigenvalue weighted by Crippen LogP contribution is 2.45. The number of carbonyl (C=O) groups excluding carboxylic acids is 2. The van der Waals surface area contributed by atoms with Gasteiger partial charge < -0.3 is 10.1 Å². The van der Waals surface area contributed by atoms with Gasteiger partial charge in [-0.05, 0) is 76.2 Å². The molecule has 0 aromatic carbocycles. The van der Waals surface area contributed by atoms with Gasteiger partial charge in [-0.1, -0.05) is 6.07 Å². The van der Waals surface area contributed by atoms with Crippen molar-refractivity contribution in [2.45, 2.75) is 58.4 Å². The van der Waals surface area contributed by atoms with E-state index in [2.05, 4.69) is 16.3 Å². The average Bonchev–Trinajstić information content (AvgIpc) is 3.12. The Morgan fingerprint density at radius 3 is 2.71 bits per heavy atom. The minimum absolute atomic E-state index is 0.0238. The Bertz CT molecular complexity index is 920. The van der Waals surface area contributed by atoms with Gasteiger partial charge in [0.05, 0.1) is 24.3 Å². The molecule has 7 heteroatoms. The number of piperidine rings is 1. The summed E-state index contributed by atoms with van der Waals surface area (Å²) in [6.07, 6.45) is 7.90. The van der Waals surface area contributed by atoms with Crippen LogP contribution in [-0.4, -0.2) is 41.5 Å². The number of nitrogens with one attached hydrogen (secondary N) is 1. The van der Waals surface area contributed by atoms with E-state index < -0.39 is 0 Å². The number of amides is 1. The lowest BCUT2D eigenvalue weighted by atomic mass is 9.88. The number of carbonyl (C=O) groups is 2. The predicted octanol–water partition coefficient (Wildman–Crippen LogP) is 4.34. The smallest absolute Gasteiger partial charge is 0.309 e. The minimum atomic E-state index is -0.0802. The van der Waals surface area contributed by atoms with Crippen molar-refractivity contribution >= 4 is 28.2 Å². The van der Waals surface area contributed by atoms with E-state index in [1.807, 2.05) is 25.3 Å². The van der Waals surface area contributed by atoms with Crippen molar-refractivity contribution in [1.29, 1.82) is 0 Å². The van der Waals surface area contributed by atoms with Gasteiger partial charge in [-0.15, -0.1) is 11.3 Å². The Kier molecular flexibility index (Phi) is 7.02. The standard InChI is InChI=1S/C24H31N3O3S/c1-3-30-24(29)17-11-14-27(15-12-17)22(19-9-6-7-13-25-19)21-18-8-4-5-10-20(18)31-23(21)26-16(2)28/h6-7,9,13,17,22H,3-5,8,10-12,14-15H2,1-2H3,(H,26,28). The zero-order valence-corrected chi connectivity index (χ0v) is 19.2. The van der Waals surface area contributed by atoms with Crippen molar-refractivity contribution in [3.63, 3.8) is 0 Å². The van der Waals surface area contributed by atoms with Gasteiger partial charge in [0.2, 0.25) is 5.91 Å². The molecule has 0 bridgehead atoms. The maximum Gasteiger partial charge on any atom is 0.309 e. The number of ether oxygens (including phenoxy) is 1. The quantitative estimate of drug-likeness (QED) is 0.675. The van der Waals surface area contributed by atoms with Gasteiger partial charge in [-0.2, -0.15) is 0 Å². The fraction of sp³-hybridized carbons (Fsp3) is 0.542. The normalized spacial score (nSPS) is 18.3. The molecular formula is C24H31N3O3S. The second kappa shape index (κ2) is 9.92. The first-order valence-corrected chi connectivity index (χ1v) is 12.1. The van der Waals surface area contributed by atoms with E-state index in [1.54, 1.807) is 18.3 Å². The summed E-state index contributed by atoms with van der Waals surface area (Å²) in [5.74, 6) is -0.157. The van der Waals surface area contributed by atoms with Crippen LogP contribution in [0.5, 0.6) is 0 Å². The summed E-state index contributed by atoms with van der Waals surface area (Å²) in [4.78, 5) is 32.8. The largest absolute Gasteiger partial charge is 0.466 e. The molecular weight excluding hydrogens is 410 g/mol. The molecule has 1 N–H and O–H groups in total. The topological polar surface area (TPSA) is 71.5 Å². The highest BCUT2D eigenvalue weighted by Gasteiger charge is 2.36. The van der Waals surface area contributed by atoms with Crippen LogP contribution in [0.1, 0.15) is 67.3 Å². The molecule has 1 aliphatic heterocycles. The summed E-state index contributed by atoms with van der Waals surface area (Å²) < 4.78 is 5.26. The SMILES string of the molecule is CCOC(=O)C1CCN(C(c2ccccn2)c2c(NC(C)=O)sc3c2CCCC3)CC1. The Hall–Kier alpha value is -2.25. The van der Waals surface area contributed by atoms with Gasteiger partial charge in [0.25, 0.3) is 0 Å². The number of aromatic nitrogens is 1. The van der Waals surface area contributed by atoms with Crippen molar-refractivity contribution in [3.8, 4) is 0 Å². The molecule has 1 unspecified atom stereocenters. The first-order chi connectivity index (χ1) is 15.1. The zero-order chi connectivity index (χ0) is 21.8. The van der Waals surface area contributed by atoms with Crippen LogP contribution in [0, 0.1) is 5.92 Å². The maximum atomic E-state index is 12.2. The monoisotopic (exact) mass is 441 g/mol. The van der Waals surface area contributed by atoms with Crippen LogP contribution in [0.15, 0.2) is 24.4 Å². The molecule has 1 atom stereocenters. The number of esters is 1. The number of anilines is 1. The Morgan fingerprint density at radius 1 is 1.26 bits per heavy atom. The molecule has 2 aliphatic rings. The Labute approximate surface area is 188 Å². The Morgan fingerprint density at radius 2 is 2.03 bits per heavy atom. The zero-order valence-electron chi connectivity index (χ0n) is 18.4. The molecule has 2 aromatic heterocycles. The van der Waals surface area contributed by atoms with Crippen molar-refractivity contribution in [1.82, 2.24) is 9.88 Å². The second-order valence-electron chi connectivity index (χ2n) is 8.35. The van der Waals surface area contributed by atoms with Crippen LogP contribution in [0.2, 0.25) is 0 Å². The van der Waals surface area contributed by atoms with Gasteiger partial charge in [0, 0.05) is 23.6 Å². The highest BCUT2D eigenvalue weighted by molar-refractivity contribution is 7.16. The van der Waals surface area contributed by atoms with E-state index in [9.17, 15) is 9.59 Å². The fourth-order valence-electron chi connectivity index (χ4n) is 4.84. The molecule has 4 rings (SSSR count). The molecule has 0 saturated carbocycles. The van der Waals surface area contributed by atoms with Crippen molar-refractivity contribution in [3.05, 3.63) is 46.1 Å². The average molecular weight is 442 g/mol. The first kappa shape index (κ1) is 22.0. The highest BCUT2D eigenvalue weighted by atomic mass is 32.1. The molecule has 1 saturated heterocycles. The van der Waals surface area contributed by atoms with Crippen LogP contribution in [-0.2, 0) is 27.2 Å². The van der Waals surface area contributed by atoms with Crippen LogP contribution in [0.3, 0.4) is 0 Å². The lowest BCUT2D eigenvalue weighted by molar-refractivity contribution is -0.149. The van der Waals surface area contributed by atoms with Gasteiger partial charge in [-0.3, -0.25) is 19.5 Å². The molecule has 166 valence electrons. The summed E-state index contributed by atoms with van der Waals surface area (Å²) >= 11 is 1.73. The van der Waals surface area contributed by atoms with E-state index in [-0.39, 0.29) is 23.8 Å². The number of nitrogens with zero attached hydrogens (tertiary/aromatic N) is 2. The van der Waals surface area contributed by atoms with Crippen molar-refractivity contribution in [2.75, 3.05) is 25.0 Å². The van der Waals surface area contributed by atoms with Crippen LogP contribution >= 0.6 is 11.3 Å². The predicted molar refractivity (Wildman–Crippen MR) is 122 cm³/mol. The van der Waals surface area contributed by atoms with Crippen LogP contribution < -0.4 is 5.32 Å². The molecule has 1 amide bonds. The third-order valence-corrected chi connectivity index (χ3v) is 7.48. The number of thiophene rings is 1. The molecule has 31 heavy (non-hydrogen) atoms. The molecule has 0 spiro atoms. The third kappa shape index (κ3) is 4.83. The number of likely N-dealkylation sites (tertiary alicyclic amines) is 1. The summed E-state index contributed by atoms with van der Waals surface area (Å²) in [6.45, 7) is 5.46. The number of rotatable bonds is 6. The summed E-state index contributed by atoms with van der Waals surface area (Å²) in [5, 5.41) is 4.08. The Balaban J connectivity index is 1.70. The van der Waals surface area contributed by atoms with Crippen LogP contribution in [0.4, 0.5) is 5.00 Å². The van der Waals surface area contributed by atoms with Gasteiger partial charge in [0.1, 0.15) is 5.00 Å². The maximum absolute atomic E-state index is 12.2. The molecule has 0 radical (unpaired) electrons. The first-order valence-electron chi connectivity index (χ1n) is 11.3. The minimum Gasteiger partial charge on any atom is -0.466 e. The number of aryl methyl sites for hydroxylation is 1. The summed E-state index contributed by atoms with van der Waals surface area (Å²) in [7, 11) is 0. The fourth-order valence-corrected chi connectivity index (χ4v) is 6.21. The van der Waals surface area contributed by atoms with E-state index in [0.29, 0.717) is 6.61 Å². The van der Waals surface area contributed by atoms with E-state index in [4.69, 9.17) is 9.72 Å². The molecule has 3 heterocycles. The van der Waals surface area contributed by atoms with Crippen molar-refractivity contribution in [2.24, 2.45) is 5.92 Å². The second-order valence-corrected chi connectivity index (χ2v) is 9.46. The third-order valence-electron chi connectivity index (χ3n) is 6.26. The van der Waals surface area contributed by atoms with Gasteiger partial charge in [-0.25, -0.2) is 0 Å². The molecule has 1 fully saturated rings. The van der Waals surface area contributed by atoms with Crippen molar-refractivity contribution < 1.29 is 14.3 Å². The van der Waals surface area contributed by atoms with Gasteiger partial charge in [0.15, 0.2) is 0 Å².